The van der Waals surface area contributed by atoms with E-state index in [1.165, 1.54) is 11.0 Å². The van der Waals surface area contributed by atoms with Crippen molar-refractivity contribution >= 4 is 5.82 Å². The molecule has 0 bridgehead atoms. The monoisotopic (exact) mass is 409 g/mol. The SMILES string of the molecule is Cc1nc(Oc2cc(C#N)ccc2-c2ncc(CN)cn2)cc(N2CC(F)(F)C2)n1. The van der Waals surface area contributed by atoms with E-state index in [4.69, 9.17) is 10.5 Å². The number of halogens is 2. The molecule has 10 heteroatoms. The highest BCUT2D eigenvalue weighted by molar-refractivity contribution is 5.66. The van der Waals surface area contributed by atoms with Crippen LogP contribution in [0.15, 0.2) is 36.7 Å². The van der Waals surface area contributed by atoms with Gasteiger partial charge in [0, 0.05) is 30.6 Å². The Morgan fingerprint density at radius 1 is 1.20 bits per heavy atom. The number of hydrogen-bond donors (Lipinski definition) is 1. The maximum Gasteiger partial charge on any atom is 0.282 e. The second kappa shape index (κ2) is 7.61. The molecule has 3 heterocycles. The highest BCUT2D eigenvalue weighted by atomic mass is 19.3. The Morgan fingerprint density at radius 2 is 1.93 bits per heavy atom. The Hall–Kier alpha value is -3.71. The lowest BCUT2D eigenvalue weighted by Gasteiger charge is -2.39. The van der Waals surface area contributed by atoms with Crippen molar-refractivity contribution in [2.24, 2.45) is 5.73 Å². The van der Waals surface area contributed by atoms with E-state index in [-0.39, 0.29) is 5.88 Å². The van der Waals surface area contributed by atoms with Gasteiger partial charge in [0.2, 0.25) is 5.88 Å². The molecule has 0 spiro atoms. The summed E-state index contributed by atoms with van der Waals surface area (Å²) < 4.78 is 32.4. The first-order valence-corrected chi connectivity index (χ1v) is 9.09. The zero-order valence-corrected chi connectivity index (χ0v) is 16.0. The number of benzene rings is 1. The van der Waals surface area contributed by atoms with Gasteiger partial charge in [0.1, 0.15) is 17.4 Å². The molecular formula is C20H17F2N7O. The van der Waals surface area contributed by atoms with E-state index in [0.29, 0.717) is 40.9 Å². The molecule has 1 aliphatic heterocycles. The molecule has 152 valence electrons. The Bertz CT molecular complexity index is 1120. The molecule has 1 aliphatic rings. The van der Waals surface area contributed by atoms with Gasteiger partial charge in [-0.05, 0) is 25.1 Å². The van der Waals surface area contributed by atoms with Crippen LogP contribution in [-0.2, 0) is 6.54 Å². The van der Waals surface area contributed by atoms with Crippen molar-refractivity contribution in [2.75, 3.05) is 18.0 Å². The molecule has 30 heavy (non-hydrogen) atoms. The first-order chi connectivity index (χ1) is 14.4. The number of ether oxygens (including phenoxy) is 1. The average Bonchev–Trinajstić information content (AvgIpc) is 2.71. The molecule has 0 atom stereocenters. The first kappa shape index (κ1) is 19.6. The molecule has 0 amide bonds. The van der Waals surface area contributed by atoms with Gasteiger partial charge in [-0.1, -0.05) is 0 Å². The van der Waals surface area contributed by atoms with Crippen molar-refractivity contribution in [1.82, 2.24) is 19.9 Å². The van der Waals surface area contributed by atoms with Gasteiger partial charge >= 0.3 is 0 Å². The van der Waals surface area contributed by atoms with Crippen molar-refractivity contribution in [3.8, 4) is 29.1 Å². The fourth-order valence-corrected chi connectivity index (χ4v) is 2.99. The third-order valence-electron chi connectivity index (χ3n) is 4.48. The lowest BCUT2D eigenvalue weighted by molar-refractivity contribution is -0.0267. The van der Waals surface area contributed by atoms with Crippen molar-refractivity contribution in [3.63, 3.8) is 0 Å². The van der Waals surface area contributed by atoms with Crippen LogP contribution in [0.1, 0.15) is 17.0 Å². The van der Waals surface area contributed by atoms with Gasteiger partial charge in [-0.25, -0.2) is 23.7 Å². The molecule has 1 aromatic carbocycles. The zero-order valence-electron chi connectivity index (χ0n) is 16.0. The minimum absolute atomic E-state index is 0.169. The second-order valence-electron chi connectivity index (χ2n) is 6.87. The predicted molar refractivity (Wildman–Crippen MR) is 104 cm³/mol. The molecule has 0 aliphatic carbocycles. The van der Waals surface area contributed by atoms with Crippen LogP contribution in [0.2, 0.25) is 0 Å². The summed E-state index contributed by atoms with van der Waals surface area (Å²) in [6, 6.07) is 8.40. The van der Waals surface area contributed by atoms with Gasteiger partial charge in [0.25, 0.3) is 5.92 Å². The molecule has 3 aromatic rings. The van der Waals surface area contributed by atoms with Crippen LogP contribution >= 0.6 is 0 Å². The van der Waals surface area contributed by atoms with Gasteiger partial charge < -0.3 is 15.4 Å². The number of nitrogens with two attached hydrogens (primary N) is 1. The topological polar surface area (TPSA) is 114 Å². The fraction of sp³-hybridized carbons (Fsp3) is 0.250. The molecule has 2 aromatic heterocycles. The van der Waals surface area contributed by atoms with Crippen LogP contribution < -0.4 is 15.4 Å². The highest BCUT2D eigenvalue weighted by Crippen LogP contribution is 2.35. The summed E-state index contributed by atoms with van der Waals surface area (Å²) >= 11 is 0. The summed E-state index contributed by atoms with van der Waals surface area (Å²) in [6.45, 7) is 1.16. The zero-order chi connectivity index (χ0) is 21.3. The van der Waals surface area contributed by atoms with Crippen molar-refractivity contribution in [3.05, 3.63) is 53.6 Å². The van der Waals surface area contributed by atoms with Gasteiger partial charge in [0.05, 0.1) is 30.3 Å². The van der Waals surface area contributed by atoms with E-state index >= 15 is 0 Å². The number of hydrogen-bond acceptors (Lipinski definition) is 8. The fourth-order valence-electron chi connectivity index (χ4n) is 2.99. The Balaban J connectivity index is 1.68. The lowest BCUT2D eigenvalue weighted by atomic mass is 10.1. The standard InChI is InChI=1S/C20H17F2N7O/c1-12-27-17(29-10-20(21,22)11-29)5-18(28-12)30-16-4-13(6-23)2-3-15(16)19-25-8-14(7-24)9-26-19/h2-5,8-9H,7,10-11,24H2,1H3. The first-order valence-electron chi connectivity index (χ1n) is 9.09. The minimum atomic E-state index is -2.72. The number of nitriles is 1. The van der Waals surface area contributed by atoms with Crippen LogP contribution in [0, 0.1) is 18.3 Å². The van der Waals surface area contributed by atoms with Crippen LogP contribution in [0.25, 0.3) is 11.4 Å². The van der Waals surface area contributed by atoms with Gasteiger partial charge in [-0.2, -0.15) is 10.2 Å². The van der Waals surface area contributed by atoms with E-state index in [9.17, 15) is 14.0 Å². The summed E-state index contributed by atoms with van der Waals surface area (Å²) in [7, 11) is 0. The van der Waals surface area contributed by atoms with E-state index < -0.39 is 19.0 Å². The molecule has 0 radical (unpaired) electrons. The molecule has 4 rings (SSSR count). The molecule has 1 saturated heterocycles. The highest BCUT2D eigenvalue weighted by Gasteiger charge is 2.44. The molecule has 0 saturated carbocycles. The third kappa shape index (κ3) is 4.01. The number of anilines is 1. The van der Waals surface area contributed by atoms with E-state index in [0.717, 1.165) is 5.56 Å². The average molecular weight is 409 g/mol. The molecule has 0 unspecified atom stereocenters. The summed E-state index contributed by atoms with van der Waals surface area (Å²) in [4.78, 5) is 18.5. The quantitative estimate of drug-likeness (QED) is 0.684. The second-order valence-corrected chi connectivity index (χ2v) is 6.87. The normalized spacial score (nSPS) is 14.7. The predicted octanol–water partition coefficient (Wildman–Crippen LogP) is 2.82. The van der Waals surface area contributed by atoms with Crippen molar-refractivity contribution in [2.45, 2.75) is 19.4 Å². The number of aryl methyl sites for hydroxylation is 1. The van der Waals surface area contributed by atoms with Crippen LogP contribution in [-0.4, -0.2) is 38.9 Å². The van der Waals surface area contributed by atoms with Crippen LogP contribution in [0.4, 0.5) is 14.6 Å². The smallest absolute Gasteiger partial charge is 0.282 e. The van der Waals surface area contributed by atoms with Gasteiger partial charge in [-0.15, -0.1) is 0 Å². The lowest BCUT2D eigenvalue weighted by Crippen LogP contribution is -2.56. The molecular weight excluding hydrogens is 392 g/mol. The molecule has 2 N–H and O–H groups in total. The van der Waals surface area contributed by atoms with Crippen LogP contribution in [0.5, 0.6) is 11.6 Å². The van der Waals surface area contributed by atoms with Crippen LogP contribution in [0.3, 0.4) is 0 Å². The van der Waals surface area contributed by atoms with Crippen molar-refractivity contribution < 1.29 is 13.5 Å². The summed E-state index contributed by atoms with van der Waals surface area (Å²) in [5.74, 6) is -1.12. The minimum Gasteiger partial charge on any atom is -0.438 e. The molecule has 1 fully saturated rings. The maximum atomic E-state index is 13.2. The number of rotatable bonds is 5. The number of alkyl halides is 2. The summed E-state index contributed by atoms with van der Waals surface area (Å²) in [6.07, 6.45) is 3.22. The van der Waals surface area contributed by atoms with E-state index in [1.807, 2.05) is 0 Å². The van der Waals surface area contributed by atoms with Gasteiger partial charge in [-0.3, -0.25) is 0 Å². The Kier molecular flexibility index (Phi) is 4.97. The third-order valence-corrected chi connectivity index (χ3v) is 4.48. The number of aromatic nitrogens is 4. The Morgan fingerprint density at radius 3 is 2.57 bits per heavy atom. The summed E-state index contributed by atoms with van der Waals surface area (Å²) in [5.41, 5.74) is 7.29. The van der Waals surface area contributed by atoms with E-state index in [2.05, 4.69) is 26.0 Å². The molecule has 8 nitrogen and oxygen atoms in total. The summed E-state index contributed by atoms with van der Waals surface area (Å²) in [5, 5.41) is 9.25. The maximum absolute atomic E-state index is 13.2. The van der Waals surface area contributed by atoms with E-state index in [1.54, 1.807) is 37.5 Å². The van der Waals surface area contributed by atoms with Crippen molar-refractivity contribution in [1.29, 1.82) is 5.26 Å². The van der Waals surface area contributed by atoms with Gasteiger partial charge in [0.15, 0.2) is 5.82 Å². The number of nitrogens with zero attached hydrogens (tertiary/aromatic N) is 6. The Labute approximate surface area is 171 Å². The largest absolute Gasteiger partial charge is 0.438 e.